The van der Waals surface area contributed by atoms with Crippen molar-refractivity contribution in [1.82, 2.24) is 5.32 Å². The van der Waals surface area contributed by atoms with E-state index in [0.29, 0.717) is 6.42 Å². The van der Waals surface area contributed by atoms with E-state index in [1.54, 1.807) is 6.08 Å². The van der Waals surface area contributed by atoms with E-state index in [4.69, 9.17) is 0 Å². The number of hydrogen-bond acceptors (Lipinski definition) is 2. The fraction of sp³-hybridized carbons (Fsp3) is 0.231. The summed E-state index contributed by atoms with van der Waals surface area (Å²) >= 11 is 0. The zero-order valence-corrected chi connectivity index (χ0v) is 8.90. The molecule has 82 valence electrons. The number of carbonyl (C=O) groups is 2. The van der Waals surface area contributed by atoms with Crippen molar-refractivity contribution in [1.29, 1.82) is 0 Å². The molecular formula is C13H13NO2. The molecule has 1 atom stereocenters. The molecule has 3 nitrogen and oxygen atoms in total. The minimum atomic E-state index is -0.765. The molecule has 0 spiro atoms. The summed E-state index contributed by atoms with van der Waals surface area (Å²) in [4.78, 5) is 23.0. The summed E-state index contributed by atoms with van der Waals surface area (Å²) in [6.07, 6.45) is 2.30. The second-order valence-electron chi connectivity index (χ2n) is 4.08. The number of hydrogen-bond donors (Lipinski definition) is 1. The standard InChI is InChI=1S/C13H13NO2/c1-2-13(9-11(15)14-12(13)16)8-10-6-4-3-5-7-10/h2-7H,1,8-9H2,(H,14,15,16). The number of benzene rings is 1. The maximum absolute atomic E-state index is 11.7. The van der Waals surface area contributed by atoms with Gasteiger partial charge in [0.1, 0.15) is 0 Å². The quantitative estimate of drug-likeness (QED) is 0.612. The van der Waals surface area contributed by atoms with E-state index < -0.39 is 5.41 Å². The molecule has 1 fully saturated rings. The zero-order valence-electron chi connectivity index (χ0n) is 8.90. The average molecular weight is 215 g/mol. The summed E-state index contributed by atoms with van der Waals surface area (Å²) in [6.45, 7) is 3.68. The molecule has 1 unspecified atom stereocenters. The summed E-state index contributed by atoms with van der Waals surface area (Å²) in [5.74, 6) is -0.461. The van der Waals surface area contributed by atoms with Crippen LogP contribution < -0.4 is 5.32 Å². The van der Waals surface area contributed by atoms with Gasteiger partial charge in [0.25, 0.3) is 0 Å². The Morgan fingerprint density at radius 2 is 2.00 bits per heavy atom. The van der Waals surface area contributed by atoms with Crippen molar-refractivity contribution < 1.29 is 9.59 Å². The molecule has 2 rings (SSSR count). The SMILES string of the molecule is C=CC1(Cc2ccccc2)CC(=O)NC1=O. The Morgan fingerprint density at radius 1 is 1.31 bits per heavy atom. The maximum Gasteiger partial charge on any atom is 0.237 e. The number of amides is 2. The van der Waals surface area contributed by atoms with E-state index in [0.717, 1.165) is 5.56 Å². The van der Waals surface area contributed by atoms with Crippen LogP contribution in [0.25, 0.3) is 0 Å². The molecule has 1 heterocycles. The fourth-order valence-electron chi connectivity index (χ4n) is 2.00. The molecule has 1 aromatic rings. The highest BCUT2D eigenvalue weighted by Gasteiger charge is 2.44. The lowest BCUT2D eigenvalue weighted by Crippen LogP contribution is -2.31. The molecule has 1 N–H and O–H groups in total. The van der Waals surface area contributed by atoms with Crippen molar-refractivity contribution in [2.75, 3.05) is 0 Å². The van der Waals surface area contributed by atoms with Crippen LogP contribution in [0.5, 0.6) is 0 Å². The number of nitrogens with one attached hydrogen (secondary N) is 1. The molecule has 1 aliphatic heterocycles. The summed E-state index contributed by atoms with van der Waals surface area (Å²) < 4.78 is 0. The Kier molecular flexibility index (Phi) is 2.60. The first kappa shape index (κ1) is 10.6. The van der Waals surface area contributed by atoms with Crippen LogP contribution in [0, 0.1) is 5.41 Å². The largest absolute Gasteiger partial charge is 0.296 e. The van der Waals surface area contributed by atoms with Gasteiger partial charge in [0.05, 0.1) is 5.41 Å². The second kappa shape index (κ2) is 3.93. The van der Waals surface area contributed by atoms with Crippen molar-refractivity contribution in [3.05, 3.63) is 48.6 Å². The van der Waals surface area contributed by atoms with Gasteiger partial charge < -0.3 is 0 Å². The molecule has 0 aliphatic carbocycles. The monoisotopic (exact) mass is 215 g/mol. The summed E-state index contributed by atoms with van der Waals surface area (Å²) in [5.41, 5.74) is 0.269. The first-order chi connectivity index (χ1) is 7.66. The molecule has 0 aromatic heterocycles. The van der Waals surface area contributed by atoms with Gasteiger partial charge in [-0.25, -0.2) is 0 Å². The van der Waals surface area contributed by atoms with Gasteiger partial charge in [0, 0.05) is 6.42 Å². The van der Waals surface area contributed by atoms with E-state index in [2.05, 4.69) is 11.9 Å². The average Bonchev–Trinajstić information content (AvgIpc) is 2.56. The van der Waals surface area contributed by atoms with Crippen LogP contribution in [0.2, 0.25) is 0 Å². The molecule has 1 aromatic carbocycles. The third-order valence-corrected chi connectivity index (χ3v) is 2.93. The smallest absolute Gasteiger partial charge is 0.237 e. The summed E-state index contributed by atoms with van der Waals surface area (Å²) in [5, 5.41) is 2.33. The van der Waals surface area contributed by atoms with Crippen molar-refractivity contribution >= 4 is 11.8 Å². The molecule has 3 heteroatoms. The highest BCUT2D eigenvalue weighted by atomic mass is 16.2. The van der Waals surface area contributed by atoms with Crippen molar-refractivity contribution in [3.63, 3.8) is 0 Å². The van der Waals surface area contributed by atoms with Crippen LogP contribution in [0.4, 0.5) is 0 Å². The fourth-order valence-corrected chi connectivity index (χ4v) is 2.00. The Bertz CT molecular complexity index is 439. The Labute approximate surface area is 94.2 Å². The molecule has 2 amide bonds. The van der Waals surface area contributed by atoms with Crippen molar-refractivity contribution in [3.8, 4) is 0 Å². The van der Waals surface area contributed by atoms with Gasteiger partial charge in [-0.3, -0.25) is 14.9 Å². The Hall–Kier alpha value is -1.90. The van der Waals surface area contributed by atoms with Crippen LogP contribution in [-0.4, -0.2) is 11.8 Å². The number of imide groups is 1. The highest BCUT2D eigenvalue weighted by molar-refractivity contribution is 6.07. The molecular weight excluding hydrogens is 202 g/mol. The Balaban J connectivity index is 2.27. The number of rotatable bonds is 3. The van der Waals surface area contributed by atoms with Crippen LogP contribution in [0.1, 0.15) is 12.0 Å². The topological polar surface area (TPSA) is 46.2 Å². The minimum Gasteiger partial charge on any atom is -0.296 e. The van der Waals surface area contributed by atoms with E-state index in [-0.39, 0.29) is 18.2 Å². The molecule has 1 saturated heterocycles. The van der Waals surface area contributed by atoms with Crippen LogP contribution in [-0.2, 0) is 16.0 Å². The lowest BCUT2D eigenvalue weighted by Gasteiger charge is -2.20. The molecule has 16 heavy (non-hydrogen) atoms. The lowest BCUT2D eigenvalue weighted by atomic mass is 9.80. The maximum atomic E-state index is 11.7. The van der Waals surface area contributed by atoms with E-state index in [9.17, 15) is 9.59 Å². The van der Waals surface area contributed by atoms with Gasteiger partial charge in [0.2, 0.25) is 11.8 Å². The minimum absolute atomic E-state index is 0.199. The molecule has 1 aliphatic rings. The van der Waals surface area contributed by atoms with E-state index in [1.807, 2.05) is 30.3 Å². The Morgan fingerprint density at radius 3 is 2.50 bits per heavy atom. The van der Waals surface area contributed by atoms with Crippen LogP contribution in [0.3, 0.4) is 0 Å². The number of carbonyl (C=O) groups excluding carboxylic acids is 2. The lowest BCUT2D eigenvalue weighted by molar-refractivity contribution is -0.127. The zero-order chi connectivity index (χ0) is 11.6. The predicted octanol–water partition coefficient (Wildman–Crippen LogP) is 1.45. The van der Waals surface area contributed by atoms with Gasteiger partial charge >= 0.3 is 0 Å². The predicted molar refractivity (Wildman–Crippen MR) is 60.5 cm³/mol. The first-order valence-electron chi connectivity index (χ1n) is 5.18. The van der Waals surface area contributed by atoms with Gasteiger partial charge in [-0.15, -0.1) is 6.58 Å². The van der Waals surface area contributed by atoms with Gasteiger partial charge in [-0.05, 0) is 12.0 Å². The van der Waals surface area contributed by atoms with Crippen LogP contribution >= 0.6 is 0 Å². The molecule has 0 bridgehead atoms. The van der Waals surface area contributed by atoms with E-state index >= 15 is 0 Å². The normalized spacial score (nSPS) is 24.2. The van der Waals surface area contributed by atoms with Gasteiger partial charge in [0.15, 0.2) is 0 Å². The first-order valence-corrected chi connectivity index (χ1v) is 5.18. The van der Waals surface area contributed by atoms with E-state index in [1.165, 1.54) is 0 Å². The summed E-state index contributed by atoms with van der Waals surface area (Å²) in [7, 11) is 0. The third kappa shape index (κ3) is 1.76. The van der Waals surface area contributed by atoms with Crippen molar-refractivity contribution in [2.24, 2.45) is 5.41 Å². The van der Waals surface area contributed by atoms with Gasteiger partial charge in [-0.2, -0.15) is 0 Å². The molecule has 0 radical (unpaired) electrons. The highest BCUT2D eigenvalue weighted by Crippen LogP contribution is 2.32. The van der Waals surface area contributed by atoms with Crippen molar-refractivity contribution in [2.45, 2.75) is 12.8 Å². The van der Waals surface area contributed by atoms with Crippen LogP contribution in [0.15, 0.2) is 43.0 Å². The third-order valence-electron chi connectivity index (χ3n) is 2.93. The second-order valence-corrected chi connectivity index (χ2v) is 4.08. The summed E-state index contributed by atoms with van der Waals surface area (Å²) in [6, 6.07) is 9.65. The van der Waals surface area contributed by atoms with Gasteiger partial charge in [-0.1, -0.05) is 36.4 Å². The molecule has 0 saturated carbocycles.